The van der Waals surface area contributed by atoms with Crippen molar-refractivity contribution in [3.8, 4) is 0 Å². The minimum Gasteiger partial charge on any atom is -0.339 e. The highest BCUT2D eigenvalue weighted by atomic mass is 35.5. The average molecular weight is 579 g/mol. The molecule has 6 rings (SSSR count). The third-order valence-corrected chi connectivity index (χ3v) is 9.10. The monoisotopic (exact) mass is 578 g/mol. The number of carbonyl (C=O) groups is 2. The van der Waals surface area contributed by atoms with Crippen LogP contribution in [0.5, 0.6) is 0 Å². The fraction of sp³-hybridized carbons (Fsp3) is 0.200. The van der Waals surface area contributed by atoms with Crippen molar-refractivity contribution in [1.29, 1.82) is 0 Å². The molecule has 2 amide bonds. The van der Waals surface area contributed by atoms with Gasteiger partial charge in [-0.1, -0.05) is 90.1 Å². The molecule has 2 aliphatic heterocycles. The molecule has 4 aromatic rings. The van der Waals surface area contributed by atoms with Crippen molar-refractivity contribution in [2.45, 2.75) is 30.7 Å². The van der Waals surface area contributed by atoms with Crippen LogP contribution in [0.25, 0.3) is 6.08 Å². The van der Waals surface area contributed by atoms with Crippen LogP contribution in [-0.2, 0) is 17.8 Å². The number of piperidine rings is 1. The highest BCUT2D eigenvalue weighted by Gasteiger charge is 2.29. The fourth-order valence-electron chi connectivity index (χ4n) is 5.58. The number of likely N-dealkylation sites (tertiary alicyclic amines) is 1. The molecule has 0 aromatic heterocycles. The lowest BCUT2D eigenvalue weighted by molar-refractivity contribution is -0.114. The van der Waals surface area contributed by atoms with Crippen LogP contribution < -0.4 is 4.90 Å². The lowest BCUT2D eigenvalue weighted by atomic mass is 9.90. The first-order valence-corrected chi connectivity index (χ1v) is 15.2. The summed E-state index contributed by atoms with van der Waals surface area (Å²) in [6.07, 6.45) is 5.04. The first-order chi connectivity index (χ1) is 20.0. The zero-order chi connectivity index (χ0) is 28.2. The second-order valence-corrected chi connectivity index (χ2v) is 12.2. The van der Waals surface area contributed by atoms with E-state index >= 15 is 0 Å². The summed E-state index contributed by atoms with van der Waals surface area (Å²) in [6.45, 7) is 2.01. The minimum absolute atomic E-state index is 0.0489. The number of para-hydroxylation sites is 1. The Balaban J connectivity index is 1.13. The van der Waals surface area contributed by atoms with Crippen LogP contribution in [0.4, 0.5) is 5.69 Å². The highest BCUT2D eigenvalue weighted by Crippen LogP contribution is 2.42. The number of hydrogen-bond donors (Lipinski definition) is 0. The van der Waals surface area contributed by atoms with Gasteiger partial charge < -0.3 is 9.80 Å². The smallest absolute Gasteiger partial charge is 0.265 e. The number of thioether (sulfide) groups is 1. The van der Waals surface area contributed by atoms with Crippen molar-refractivity contribution in [3.05, 3.63) is 135 Å². The molecule has 0 bridgehead atoms. The molecule has 0 radical (unpaired) electrons. The normalized spacial score (nSPS) is 16.6. The molecule has 0 spiro atoms. The molecule has 1 saturated heterocycles. The van der Waals surface area contributed by atoms with Gasteiger partial charge in [-0.05, 0) is 84.3 Å². The predicted molar refractivity (Wildman–Crippen MR) is 168 cm³/mol. The summed E-state index contributed by atoms with van der Waals surface area (Å²) in [4.78, 5) is 32.3. The Labute approximate surface area is 250 Å². The van der Waals surface area contributed by atoms with E-state index in [1.54, 1.807) is 0 Å². The summed E-state index contributed by atoms with van der Waals surface area (Å²) in [5, 5.41) is 0.650. The number of fused-ring (bicyclic) bond motifs is 1. The van der Waals surface area contributed by atoms with E-state index in [2.05, 4.69) is 30.3 Å². The first-order valence-electron chi connectivity index (χ1n) is 14.0. The fourth-order valence-corrected chi connectivity index (χ4v) is 6.85. The minimum atomic E-state index is -0.0489. The van der Waals surface area contributed by atoms with Crippen molar-refractivity contribution in [2.75, 3.05) is 18.0 Å². The molecule has 4 aromatic carbocycles. The molecule has 2 aliphatic rings. The maximum atomic E-state index is 13.6. The molecule has 2 heterocycles. The molecule has 0 unspecified atom stereocenters. The van der Waals surface area contributed by atoms with Crippen LogP contribution in [0.15, 0.2) is 113 Å². The Bertz CT molecular complexity index is 1580. The summed E-state index contributed by atoms with van der Waals surface area (Å²) in [5.41, 5.74) is 4.81. The molecule has 206 valence electrons. The molecule has 0 saturated carbocycles. The van der Waals surface area contributed by atoms with Gasteiger partial charge >= 0.3 is 0 Å². The summed E-state index contributed by atoms with van der Waals surface area (Å²) < 4.78 is 0. The van der Waals surface area contributed by atoms with E-state index < -0.39 is 0 Å². The summed E-state index contributed by atoms with van der Waals surface area (Å²) in [7, 11) is 0. The first kappa shape index (κ1) is 27.4. The van der Waals surface area contributed by atoms with Crippen LogP contribution in [0.1, 0.15) is 39.9 Å². The summed E-state index contributed by atoms with van der Waals surface area (Å²) in [5.74, 6) is 0.642. The zero-order valence-electron chi connectivity index (χ0n) is 22.7. The molecule has 1 fully saturated rings. The summed E-state index contributed by atoms with van der Waals surface area (Å²) >= 11 is 7.69. The van der Waals surface area contributed by atoms with Crippen molar-refractivity contribution in [1.82, 2.24) is 4.90 Å². The van der Waals surface area contributed by atoms with Crippen molar-refractivity contribution in [3.63, 3.8) is 0 Å². The van der Waals surface area contributed by atoms with E-state index in [1.807, 2.05) is 88.7 Å². The number of anilines is 1. The molecule has 0 N–H and O–H groups in total. The number of halogens is 1. The van der Waals surface area contributed by atoms with Gasteiger partial charge in [0.05, 0.1) is 17.1 Å². The molecule has 6 heteroatoms. The van der Waals surface area contributed by atoms with E-state index in [-0.39, 0.29) is 11.8 Å². The van der Waals surface area contributed by atoms with Gasteiger partial charge in [0.25, 0.3) is 11.8 Å². The van der Waals surface area contributed by atoms with Gasteiger partial charge in [0.2, 0.25) is 0 Å². The average Bonchev–Trinajstić information content (AvgIpc) is 3.00. The third-order valence-electron chi connectivity index (χ3n) is 7.79. The Kier molecular flexibility index (Phi) is 8.26. The molecular formula is C35H31ClN2O2S. The van der Waals surface area contributed by atoms with Crippen LogP contribution in [-0.4, -0.2) is 29.8 Å². The van der Waals surface area contributed by atoms with Gasteiger partial charge in [0.15, 0.2) is 0 Å². The van der Waals surface area contributed by atoms with E-state index in [4.69, 9.17) is 11.6 Å². The highest BCUT2D eigenvalue weighted by molar-refractivity contribution is 8.04. The second kappa shape index (κ2) is 12.4. The number of benzene rings is 4. The Morgan fingerprint density at radius 3 is 2.32 bits per heavy atom. The molecular weight excluding hydrogens is 548 g/mol. The van der Waals surface area contributed by atoms with Gasteiger partial charge in [-0.3, -0.25) is 9.59 Å². The Morgan fingerprint density at radius 2 is 1.56 bits per heavy atom. The SMILES string of the molecule is O=C(c1ccc(C=C2Sc3ccccc3N(Cc3cccc(Cl)c3)C2=O)cc1)N1CCC(Cc2ccccc2)CC1. The van der Waals surface area contributed by atoms with Gasteiger partial charge in [0, 0.05) is 28.6 Å². The van der Waals surface area contributed by atoms with Gasteiger partial charge in [-0.2, -0.15) is 0 Å². The Morgan fingerprint density at radius 1 is 0.854 bits per heavy atom. The van der Waals surface area contributed by atoms with E-state index in [1.165, 1.54) is 17.3 Å². The lowest BCUT2D eigenvalue weighted by Gasteiger charge is -2.32. The predicted octanol–water partition coefficient (Wildman–Crippen LogP) is 8.11. The lowest BCUT2D eigenvalue weighted by Crippen LogP contribution is -2.38. The van der Waals surface area contributed by atoms with Gasteiger partial charge in [-0.15, -0.1) is 0 Å². The van der Waals surface area contributed by atoms with Crippen molar-refractivity contribution in [2.24, 2.45) is 5.92 Å². The number of amides is 2. The zero-order valence-corrected chi connectivity index (χ0v) is 24.3. The molecule has 41 heavy (non-hydrogen) atoms. The van der Waals surface area contributed by atoms with E-state index in [0.29, 0.717) is 28.0 Å². The largest absolute Gasteiger partial charge is 0.339 e. The van der Waals surface area contributed by atoms with Crippen molar-refractivity contribution >= 4 is 46.9 Å². The maximum Gasteiger partial charge on any atom is 0.265 e. The molecule has 0 aliphatic carbocycles. The van der Waals surface area contributed by atoms with E-state index in [0.717, 1.165) is 54.1 Å². The Hall–Kier alpha value is -3.80. The number of rotatable bonds is 6. The third kappa shape index (κ3) is 6.42. The van der Waals surface area contributed by atoms with Gasteiger partial charge in [-0.25, -0.2) is 0 Å². The van der Waals surface area contributed by atoms with Crippen molar-refractivity contribution < 1.29 is 9.59 Å². The van der Waals surface area contributed by atoms with Crippen LogP contribution >= 0.6 is 23.4 Å². The summed E-state index contributed by atoms with van der Waals surface area (Å²) in [6, 6.07) is 33.8. The standard InChI is InChI=1S/C35H31ClN2O2S/c36-30-10-6-9-28(22-30)24-38-31-11-4-5-12-32(31)41-33(35(38)40)23-26-13-15-29(16-14-26)34(39)37-19-17-27(18-20-37)21-25-7-2-1-3-8-25/h1-16,22-23,27H,17-21,24H2. The number of hydrogen-bond acceptors (Lipinski definition) is 3. The van der Waals surface area contributed by atoms with E-state index in [9.17, 15) is 9.59 Å². The number of carbonyl (C=O) groups excluding carboxylic acids is 2. The quantitative estimate of drug-likeness (QED) is 0.217. The maximum absolute atomic E-state index is 13.6. The van der Waals surface area contributed by atoms with Crippen LogP contribution in [0.3, 0.4) is 0 Å². The molecule has 4 nitrogen and oxygen atoms in total. The number of nitrogens with zero attached hydrogens (tertiary/aromatic N) is 2. The van der Waals surface area contributed by atoms with Crippen LogP contribution in [0, 0.1) is 5.92 Å². The topological polar surface area (TPSA) is 40.6 Å². The second-order valence-electron chi connectivity index (χ2n) is 10.6. The van der Waals surface area contributed by atoms with Crippen LogP contribution in [0.2, 0.25) is 5.02 Å². The van der Waals surface area contributed by atoms with Gasteiger partial charge in [0.1, 0.15) is 0 Å². The molecule has 0 atom stereocenters.